The smallest absolute Gasteiger partial charge is 0.239 e. The highest BCUT2D eigenvalue weighted by molar-refractivity contribution is 5.84. The second-order valence-electron chi connectivity index (χ2n) is 3.69. The Labute approximate surface area is 83.4 Å². The van der Waals surface area contributed by atoms with E-state index in [1.54, 1.807) is 4.90 Å². The molecule has 0 aromatic heterocycles. The fraction of sp³-hybridized carbons (Fsp3) is 0.778. The van der Waals surface area contributed by atoms with Crippen molar-refractivity contribution in [2.24, 2.45) is 17.4 Å². The molecule has 1 unspecified atom stereocenters. The summed E-state index contributed by atoms with van der Waals surface area (Å²) >= 11 is 0. The van der Waals surface area contributed by atoms with Crippen LogP contribution in [-0.2, 0) is 9.59 Å². The minimum Gasteiger partial charge on any atom is -0.369 e. The Morgan fingerprint density at radius 1 is 1.57 bits per heavy atom. The lowest BCUT2D eigenvalue weighted by molar-refractivity contribution is -0.131. The normalized spacial score (nSPS) is 23.6. The number of rotatable bonds is 3. The number of likely N-dealkylation sites (tertiary alicyclic amines) is 1. The molecule has 80 valence electrons. The molecule has 0 bridgehead atoms. The molecule has 1 aliphatic rings. The molecule has 14 heavy (non-hydrogen) atoms. The summed E-state index contributed by atoms with van der Waals surface area (Å²) in [6.45, 7) is 2.90. The molecule has 1 fully saturated rings. The van der Waals surface area contributed by atoms with Gasteiger partial charge in [0.25, 0.3) is 0 Å². The summed E-state index contributed by atoms with van der Waals surface area (Å²) in [6.07, 6.45) is 1.29. The van der Waals surface area contributed by atoms with Gasteiger partial charge in [0.2, 0.25) is 11.8 Å². The van der Waals surface area contributed by atoms with E-state index < -0.39 is 6.04 Å². The second-order valence-corrected chi connectivity index (χ2v) is 3.69. The Morgan fingerprint density at radius 3 is 2.64 bits per heavy atom. The van der Waals surface area contributed by atoms with Gasteiger partial charge in [0, 0.05) is 13.1 Å². The maximum atomic E-state index is 11.6. The molecule has 0 aromatic rings. The SMILES string of the molecule is CC[C@H](N)C(=O)N1CCC(C(N)=O)C1. The summed E-state index contributed by atoms with van der Waals surface area (Å²) in [5, 5.41) is 0. The van der Waals surface area contributed by atoms with Gasteiger partial charge in [-0.2, -0.15) is 0 Å². The third-order valence-electron chi connectivity index (χ3n) is 2.66. The van der Waals surface area contributed by atoms with E-state index in [2.05, 4.69) is 0 Å². The minimum absolute atomic E-state index is 0.0729. The molecule has 4 N–H and O–H groups in total. The zero-order chi connectivity index (χ0) is 10.7. The highest BCUT2D eigenvalue weighted by Gasteiger charge is 2.31. The highest BCUT2D eigenvalue weighted by atomic mass is 16.2. The van der Waals surface area contributed by atoms with Crippen LogP contribution in [0.4, 0.5) is 0 Å². The standard InChI is InChI=1S/C9H17N3O2/c1-2-7(10)9(14)12-4-3-6(5-12)8(11)13/h6-7H,2-5,10H2,1H3,(H2,11,13)/t6?,7-/m0/s1. The van der Waals surface area contributed by atoms with E-state index in [0.717, 1.165) is 0 Å². The third-order valence-corrected chi connectivity index (χ3v) is 2.66. The molecular formula is C9H17N3O2. The Balaban J connectivity index is 2.49. The van der Waals surface area contributed by atoms with Gasteiger partial charge < -0.3 is 16.4 Å². The molecule has 0 aliphatic carbocycles. The molecule has 5 heteroatoms. The van der Waals surface area contributed by atoms with Gasteiger partial charge in [0.1, 0.15) is 0 Å². The van der Waals surface area contributed by atoms with E-state index in [1.807, 2.05) is 6.92 Å². The number of hydrogen-bond donors (Lipinski definition) is 2. The predicted molar refractivity (Wildman–Crippen MR) is 52.1 cm³/mol. The summed E-state index contributed by atoms with van der Waals surface area (Å²) in [6, 6.07) is -0.443. The molecule has 1 saturated heterocycles. The van der Waals surface area contributed by atoms with E-state index in [-0.39, 0.29) is 17.7 Å². The van der Waals surface area contributed by atoms with Crippen molar-refractivity contribution in [1.29, 1.82) is 0 Å². The Kier molecular flexibility index (Phi) is 3.46. The summed E-state index contributed by atoms with van der Waals surface area (Å²) in [4.78, 5) is 24.1. The Bertz CT molecular complexity index is 242. The monoisotopic (exact) mass is 199 g/mol. The second kappa shape index (κ2) is 4.41. The lowest BCUT2D eigenvalue weighted by Gasteiger charge is -2.19. The minimum atomic E-state index is -0.443. The van der Waals surface area contributed by atoms with Crippen molar-refractivity contribution in [1.82, 2.24) is 4.90 Å². The first-order chi connectivity index (χ1) is 6.56. The van der Waals surface area contributed by atoms with Crippen LogP contribution in [-0.4, -0.2) is 35.8 Å². The van der Waals surface area contributed by atoms with Crippen LogP contribution in [0.25, 0.3) is 0 Å². The number of amides is 2. The van der Waals surface area contributed by atoms with Crippen molar-refractivity contribution < 1.29 is 9.59 Å². The van der Waals surface area contributed by atoms with Crippen LogP contribution < -0.4 is 11.5 Å². The molecule has 0 radical (unpaired) electrons. The maximum Gasteiger partial charge on any atom is 0.239 e. The van der Waals surface area contributed by atoms with Crippen LogP contribution in [0.3, 0.4) is 0 Å². The lowest BCUT2D eigenvalue weighted by atomic mass is 10.1. The lowest BCUT2D eigenvalue weighted by Crippen LogP contribution is -2.42. The van der Waals surface area contributed by atoms with E-state index in [0.29, 0.717) is 25.9 Å². The highest BCUT2D eigenvalue weighted by Crippen LogP contribution is 2.16. The van der Waals surface area contributed by atoms with Crippen LogP contribution in [0.5, 0.6) is 0 Å². The van der Waals surface area contributed by atoms with Gasteiger partial charge in [0.15, 0.2) is 0 Å². The van der Waals surface area contributed by atoms with E-state index in [9.17, 15) is 9.59 Å². The zero-order valence-corrected chi connectivity index (χ0v) is 8.40. The van der Waals surface area contributed by atoms with Gasteiger partial charge in [0.05, 0.1) is 12.0 Å². The van der Waals surface area contributed by atoms with Crippen LogP contribution >= 0.6 is 0 Å². The molecule has 0 spiro atoms. The summed E-state index contributed by atoms with van der Waals surface area (Å²) in [7, 11) is 0. The van der Waals surface area contributed by atoms with Gasteiger partial charge in [-0.05, 0) is 12.8 Å². The topological polar surface area (TPSA) is 89.4 Å². The fourth-order valence-corrected chi connectivity index (χ4v) is 1.60. The maximum absolute atomic E-state index is 11.6. The Hall–Kier alpha value is -1.10. The first kappa shape index (κ1) is 11.0. The summed E-state index contributed by atoms with van der Waals surface area (Å²) in [5.41, 5.74) is 10.8. The van der Waals surface area contributed by atoms with Gasteiger partial charge in [-0.1, -0.05) is 6.92 Å². The van der Waals surface area contributed by atoms with E-state index in [1.165, 1.54) is 0 Å². The molecule has 2 atom stereocenters. The molecule has 1 aliphatic heterocycles. The number of carbonyl (C=O) groups excluding carboxylic acids is 2. The number of nitrogens with zero attached hydrogens (tertiary/aromatic N) is 1. The van der Waals surface area contributed by atoms with Crippen LogP contribution in [0.15, 0.2) is 0 Å². The fourth-order valence-electron chi connectivity index (χ4n) is 1.60. The van der Waals surface area contributed by atoms with Crippen LogP contribution in [0, 0.1) is 5.92 Å². The number of carbonyl (C=O) groups is 2. The van der Waals surface area contributed by atoms with Gasteiger partial charge in [-0.25, -0.2) is 0 Å². The van der Waals surface area contributed by atoms with Crippen molar-refractivity contribution in [3.05, 3.63) is 0 Å². The largest absolute Gasteiger partial charge is 0.369 e. The predicted octanol–water partition coefficient (Wildman–Crippen LogP) is -0.942. The Morgan fingerprint density at radius 2 is 2.21 bits per heavy atom. The average molecular weight is 199 g/mol. The zero-order valence-electron chi connectivity index (χ0n) is 8.40. The molecule has 1 heterocycles. The molecule has 0 aromatic carbocycles. The summed E-state index contributed by atoms with van der Waals surface area (Å²) < 4.78 is 0. The molecule has 5 nitrogen and oxygen atoms in total. The molecule has 2 amide bonds. The van der Waals surface area contributed by atoms with Gasteiger partial charge in [-0.3, -0.25) is 9.59 Å². The summed E-state index contributed by atoms with van der Waals surface area (Å²) in [5.74, 6) is -0.593. The van der Waals surface area contributed by atoms with E-state index >= 15 is 0 Å². The van der Waals surface area contributed by atoms with Gasteiger partial charge >= 0.3 is 0 Å². The van der Waals surface area contributed by atoms with Crippen molar-refractivity contribution in [2.75, 3.05) is 13.1 Å². The van der Waals surface area contributed by atoms with Crippen molar-refractivity contribution >= 4 is 11.8 Å². The number of nitrogens with two attached hydrogens (primary N) is 2. The van der Waals surface area contributed by atoms with E-state index in [4.69, 9.17) is 11.5 Å². The first-order valence-corrected chi connectivity index (χ1v) is 4.90. The molecule has 0 saturated carbocycles. The molecular weight excluding hydrogens is 182 g/mol. The van der Waals surface area contributed by atoms with Crippen molar-refractivity contribution in [2.45, 2.75) is 25.8 Å². The number of primary amides is 1. The van der Waals surface area contributed by atoms with Crippen molar-refractivity contribution in [3.8, 4) is 0 Å². The average Bonchev–Trinajstić information content (AvgIpc) is 2.64. The molecule has 1 rings (SSSR count). The quantitative estimate of drug-likeness (QED) is 0.614. The van der Waals surface area contributed by atoms with Crippen LogP contribution in [0.2, 0.25) is 0 Å². The van der Waals surface area contributed by atoms with Crippen molar-refractivity contribution in [3.63, 3.8) is 0 Å². The van der Waals surface area contributed by atoms with Gasteiger partial charge in [-0.15, -0.1) is 0 Å². The number of hydrogen-bond acceptors (Lipinski definition) is 3. The first-order valence-electron chi connectivity index (χ1n) is 4.90. The van der Waals surface area contributed by atoms with Crippen LogP contribution in [0.1, 0.15) is 19.8 Å². The third kappa shape index (κ3) is 2.23.